The monoisotopic (exact) mass is 269 g/mol. The molecule has 19 heavy (non-hydrogen) atoms. The topological polar surface area (TPSA) is 32.3 Å². The van der Waals surface area contributed by atoms with Crippen molar-refractivity contribution in [2.75, 3.05) is 6.54 Å². The normalized spacial score (nSPS) is 28.4. The van der Waals surface area contributed by atoms with Crippen LogP contribution in [0.15, 0.2) is 0 Å². The molecule has 1 rings (SSSR count). The molecule has 1 aliphatic rings. The van der Waals surface area contributed by atoms with Crippen molar-refractivity contribution in [3.8, 4) is 0 Å². The Morgan fingerprint density at radius 1 is 1.05 bits per heavy atom. The van der Waals surface area contributed by atoms with Crippen LogP contribution in [0.1, 0.15) is 73.6 Å². The minimum absolute atomic E-state index is 0.452. The largest absolute Gasteiger partial charge is 0.389 e. The van der Waals surface area contributed by atoms with Gasteiger partial charge in [-0.1, -0.05) is 34.6 Å². The number of nitrogens with one attached hydrogen (secondary N) is 1. The Bertz CT molecular complexity index is 257. The molecule has 1 saturated carbocycles. The molecule has 1 atom stereocenters. The maximum Gasteiger partial charge on any atom is 0.0746 e. The molecule has 1 aliphatic carbocycles. The molecule has 2 nitrogen and oxygen atoms in total. The maximum absolute atomic E-state index is 10.3. The van der Waals surface area contributed by atoms with Crippen molar-refractivity contribution in [1.82, 2.24) is 5.32 Å². The molecule has 114 valence electrons. The molecular formula is C17H35NO. The standard InChI is InChI=1S/C17H35NO/c1-13(2)11-17(6,19)12-18-15-9-7-14(8-10-15)16(3,4)5/h13-15,18-19H,7-12H2,1-6H3. The second-order valence-corrected chi connectivity index (χ2v) is 8.39. The summed E-state index contributed by atoms with van der Waals surface area (Å²) in [6.07, 6.45) is 6.05. The van der Waals surface area contributed by atoms with Crippen LogP contribution in [-0.2, 0) is 0 Å². The van der Waals surface area contributed by atoms with Gasteiger partial charge >= 0.3 is 0 Å². The van der Waals surface area contributed by atoms with E-state index in [0.29, 0.717) is 17.4 Å². The Labute approximate surface area is 120 Å². The Morgan fingerprint density at radius 2 is 1.58 bits per heavy atom. The minimum atomic E-state index is -0.560. The average molecular weight is 269 g/mol. The van der Waals surface area contributed by atoms with E-state index in [1.807, 2.05) is 6.92 Å². The zero-order valence-electron chi connectivity index (χ0n) is 13.9. The summed E-state index contributed by atoms with van der Waals surface area (Å²) in [4.78, 5) is 0. The van der Waals surface area contributed by atoms with Crippen molar-refractivity contribution in [1.29, 1.82) is 0 Å². The van der Waals surface area contributed by atoms with E-state index >= 15 is 0 Å². The summed E-state index contributed by atoms with van der Waals surface area (Å²) in [5.41, 5.74) is -0.108. The molecule has 0 aromatic carbocycles. The van der Waals surface area contributed by atoms with Crippen LogP contribution in [0.5, 0.6) is 0 Å². The third-order valence-electron chi connectivity index (χ3n) is 4.57. The van der Waals surface area contributed by atoms with Crippen LogP contribution < -0.4 is 5.32 Å². The Morgan fingerprint density at radius 3 is 2.00 bits per heavy atom. The zero-order valence-corrected chi connectivity index (χ0v) is 13.9. The Balaban J connectivity index is 2.30. The quantitative estimate of drug-likeness (QED) is 0.791. The van der Waals surface area contributed by atoms with Gasteiger partial charge in [-0.3, -0.25) is 0 Å². The molecule has 2 N–H and O–H groups in total. The summed E-state index contributed by atoms with van der Waals surface area (Å²) >= 11 is 0. The van der Waals surface area contributed by atoms with Gasteiger partial charge in [-0.05, 0) is 56.3 Å². The molecule has 0 saturated heterocycles. The SMILES string of the molecule is CC(C)CC(C)(O)CNC1CCC(C(C)(C)C)CC1. The van der Waals surface area contributed by atoms with Crippen molar-refractivity contribution < 1.29 is 5.11 Å². The van der Waals surface area contributed by atoms with E-state index in [1.54, 1.807) is 0 Å². The summed E-state index contributed by atoms with van der Waals surface area (Å²) in [5, 5.41) is 13.9. The number of hydrogen-bond acceptors (Lipinski definition) is 2. The van der Waals surface area contributed by atoms with Gasteiger partial charge in [0.1, 0.15) is 0 Å². The summed E-state index contributed by atoms with van der Waals surface area (Å²) < 4.78 is 0. The average Bonchev–Trinajstić information content (AvgIpc) is 2.24. The van der Waals surface area contributed by atoms with Gasteiger partial charge in [-0.25, -0.2) is 0 Å². The predicted octanol–water partition coefficient (Wildman–Crippen LogP) is 3.98. The summed E-state index contributed by atoms with van der Waals surface area (Å²) in [6, 6.07) is 0.609. The van der Waals surface area contributed by atoms with E-state index in [4.69, 9.17) is 0 Å². The Kier molecular flexibility index (Phi) is 5.88. The third-order valence-corrected chi connectivity index (χ3v) is 4.57. The summed E-state index contributed by atoms with van der Waals surface area (Å²) in [6.45, 7) is 14.1. The van der Waals surface area contributed by atoms with E-state index in [-0.39, 0.29) is 0 Å². The lowest BCUT2D eigenvalue weighted by Crippen LogP contribution is -2.45. The summed E-state index contributed by atoms with van der Waals surface area (Å²) in [7, 11) is 0. The first-order chi connectivity index (χ1) is 8.60. The second-order valence-electron chi connectivity index (χ2n) is 8.39. The number of aliphatic hydroxyl groups is 1. The highest BCUT2D eigenvalue weighted by molar-refractivity contribution is 4.85. The highest BCUT2D eigenvalue weighted by Crippen LogP contribution is 2.37. The molecule has 2 heteroatoms. The van der Waals surface area contributed by atoms with E-state index in [2.05, 4.69) is 39.9 Å². The fraction of sp³-hybridized carbons (Fsp3) is 1.00. The highest BCUT2D eigenvalue weighted by atomic mass is 16.3. The van der Waals surface area contributed by atoms with Crippen LogP contribution in [0.4, 0.5) is 0 Å². The lowest BCUT2D eigenvalue weighted by Gasteiger charge is -2.38. The van der Waals surface area contributed by atoms with Crippen LogP contribution in [0.25, 0.3) is 0 Å². The third kappa shape index (κ3) is 6.27. The molecule has 0 radical (unpaired) electrons. The van der Waals surface area contributed by atoms with Gasteiger partial charge in [-0.2, -0.15) is 0 Å². The van der Waals surface area contributed by atoms with E-state index in [0.717, 1.165) is 18.9 Å². The molecule has 0 aromatic rings. The first-order valence-corrected chi connectivity index (χ1v) is 8.06. The molecule has 0 aromatic heterocycles. The first-order valence-electron chi connectivity index (χ1n) is 8.06. The van der Waals surface area contributed by atoms with Gasteiger partial charge in [0.2, 0.25) is 0 Å². The Hall–Kier alpha value is -0.0800. The van der Waals surface area contributed by atoms with E-state index in [1.165, 1.54) is 25.7 Å². The van der Waals surface area contributed by atoms with Gasteiger partial charge < -0.3 is 10.4 Å². The fourth-order valence-electron chi connectivity index (χ4n) is 3.48. The molecule has 0 aliphatic heterocycles. The smallest absolute Gasteiger partial charge is 0.0746 e. The first kappa shape index (κ1) is 17.0. The van der Waals surface area contributed by atoms with Crippen LogP contribution in [0.3, 0.4) is 0 Å². The predicted molar refractivity (Wildman–Crippen MR) is 83.3 cm³/mol. The van der Waals surface area contributed by atoms with Crippen molar-refractivity contribution in [2.24, 2.45) is 17.3 Å². The molecule has 0 spiro atoms. The second kappa shape index (κ2) is 6.58. The van der Waals surface area contributed by atoms with Crippen molar-refractivity contribution >= 4 is 0 Å². The summed E-state index contributed by atoms with van der Waals surface area (Å²) in [5.74, 6) is 1.41. The van der Waals surface area contributed by atoms with Gasteiger partial charge in [-0.15, -0.1) is 0 Å². The molecule has 0 bridgehead atoms. The number of rotatable bonds is 5. The van der Waals surface area contributed by atoms with Crippen LogP contribution in [0.2, 0.25) is 0 Å². The molecule has 0 amide bonds. The van der Waals surface area contributed by atoms with Crippen molar-refractivity contribution in [3.05, 3.63) is 0 Å². The van der Waals surface area contributed by atoms with Gasteiger partial charge in [0.15, 0.2) is 0 Å². The lowest BCUT2D eigenvalue weighted by molar-refractivity contribution is 0.0327. The minimum Gasteiger partial charge on any atom is -0.389 e. The van der Waals surface area contributed by atoms with E-state index in [9.17, 15) is 5.11 Å². The van der Waals surface area contributed by atoms with Gasteiger partial charge in [0.25, 0.3) is 0 Å². The van der Waals surface area contributed by atoms with Crippen LogP contribution >= 0.6 is 0 Å². The maximum atomic E-state index is 10.3. The lowest BCUT2D eigenvalue weighted by atomic mass is 9.71. The molecule has 1 fully saturated rings. The van der Waals surface area contributed by atoms with Gasteiger partial charge in [0.05, 0.1) is 5.60 Å². The number of hydrogen-bond donors (Lipinski definition) is 2. The van der Waals surface area contributed by atoms with E-state index < -0.39 is 5.60 Å². The van der Waals surface area contributed by atoms with Crippen LogP contribution in [0, 0.1) is 17.3 Å². The van der Waals surface area contributed by atoms with Crippen LogP contribution in [-0.4, -0.2) is 23.3 Å². The molecular weight excluding hydrogens is 234 g/mol. The zero-order chi connectivity index (χ0) is 14.7. The molecule has 1 unspecified atom stereocenters. The fourth-order valence-corrected chi connectivity index (χ4v) is 3.48. The highest BCUT2D eigenvalue weighted by Gasteiger charge is 2.30. The molecule has 0 heterocycles. The van der Waals surface area contributed by atoms with Crippen molar-refractivity contribution in [2.45, 2.75) is 85.3 Å². The van der Waals surface area contributed by atoms with Gasteiger partial charge in [0, 0.05) is 12.6 Å². The van der Waals surface area contributed by atoms with Crippen molar-refractivity contribution in [3.63, 3.8) is 0 Å².